The van der Waals surface area contributed by atoms with Crippen LogP contribution < -0.4 is 0 Å². The first kappa shape index (κ1) is 16.8. The molecule has 6 nitrogen and oxygen atoms in total. The van der Waals surface area contributed by atoms with Gasteiger partial charge in [0.2, 0.25) is 5.91 Å². The van der Waals surface area contributed by atoms with Gasteiger partial charge in [0.1, 0.15) is 11.2 Å². The van der Waals surface area contributed by atoms with Crippen LogP contribution in [0.15, 0.2) is 11.5 Å². The van der Waals surface area contributed by atoms with Gasteiger partial charge in [-0.2, -0.15) is 0 Å². The fourth-order valence-electron chi connectivity index (χ4n) is 3.43. The molecule has 0 N–H and O–H groups in total. The maximum atomic E-state index is 12.2. The van der Waals surface area contributed by atoms with Gasteiger partial charge in [0, 0.05) is 18.0 Å². The van der Waals surface area contributed by atoms with Gasteiger partial charge in [-0.25, -0.2) is 4.98 Å². The van der Waals surface area contributed by atoms with Crippen LogP contribution in [-0.2, 0) is 17.6 Å². The van der Waals surface area contributed by atoms with Gasteiger partial charge in [0.05, 0.1) is 11.1 Å². The predicted octanol–water partition coefficient (Wildman–Crippen LogP) is 3.18. The fraction of sp³-hybridized carbons (Fsp3) is 0.529. The summed E-state index contributed by atoms with van der Waals surface area (Å²) in [6.07, 6.45) is 6.54. The normalized spacial score (nSPS) is 14.2. The van der Waals surface area contributed by atoms with Gasteiger partial charge in [-0.3, -0.25) is 9.20 Å². The minimum Gasteiger partial charge on any atom is -0.343 e. The fourth-order valence-corrected chi connectivity index (χ4v) is 5.46. The molecule has 0 spiro atoms. The van der Waals surface area contributed by atoms with E-state index in [9.17, 15) is 4.79 Å². The number of carbonyl (C=O) groups is 1. The number of amides is 1. The molecule has 4 rings (SSSR count). The van der Waals surface area contributed by atoms with Gasteiger partial charge in [-0.15, -0.1) is 21.5 Å². The lowest BCUT2D eigenvalue weighted by Crippen LogP contribution is -2.31. The Kier molecular flexibility index (Phi) is 4.64. The van der Waals surface area contributed by atoms with Crippen molar-refractivity contribution in [3.63, 3.8) is 0 Å². The zero-order chi connectivity index (χ0) is 17.4. The lowest BCUT2D eigenvalue weighted by molar-refractivity contribution is -0.127. The third-order valence-corrected chi connectivity index (χ3v) is 6.90. The topological polar surface area (TPSA) is 63.4 Å². The molecule has 1 amide bonds. The van der Waals surface area contributed by atoms with Crippen molar-refractivity contribution in [2.45, 2.75) is 44.7 Å². The molecule has 3 aromatic heterocycles. The number of rotatable bonds is 5. The van der Waals surface area contributed by atoms with Gasteiger partial charge in [-0.1, -0.05) is 11.8 Å². The smallest absolute Gasteiger partial charge is 0.233 e. The molecule has 3 aromatic rings. The molecule has 1 aliphatic rings. The van der Waals surface area contributed by atoms with Crippen LogP contribution in [0.2, 0.25) is 0 Å². The van der Waals surface area contributed by atoms with Crippen molar-refractivity contribution in [3.05, 3.63) is 16.8 Å². The molecule has 0 atom stereocenters. The summed E-state index contributed by atoms with van der Waals surface area (Å²) in [5, 5.41) is 10.7. The van der Waals surface area contributed by atoms with Crippen LogP contribution in [0.1, 0.15) is 37.1 Å². The standard InChI is InChI=1S/C17H21N5OS2/c1-3-21(4-2)13(23)9-24-17-20-19-15-14-11-7-5-6-8-12(11)25-16(14)18-10-22(15)17/h10H,3-9H2,1-2H3. The van der Waals surface area contributed by atoms with E-state index in [-0.39, 0.29) is 5.91 Å². The van der Waals surface area contributed by atoms with E-state index in [4.69, 9.17) is 0 Å². The Labute approximate surface area is 154 Å². The van der Waals surface area contributed by atoms with Crippen molar-refractivity contribution in [2.75, 3.05) is 18.8 Å². The molecule has 1 aliphatic carbocycles. The summed E-state index contributed by atoms with van der Waals surface area (Å²) in [5.41, 5.74) is 2.29. The Bertz CT molecular complexity index is 928. The number of hydrogen-bond acceptors (Lipinski definition) is 6. The first-order valence-electron chi connectivity index (χ1n) is 8.77. The molecule has 0 fully saturated rings. The van der Waals surface area contributed by atoms with Crippen LogP contribution in [0, 0.1) is 0 Å². The summed E-state index contributed by atoms with van der Waals surface area (Å²) in [4.78, 5) is 21.2. The van der Waals surface area contributed by atoms with E-state index in [1.54, 1.807) is 17.7 Å². The second-order valence-electron chi connectivity index (χ2n) is 6.17. The molecule has 0 radical (unpaired) electrons. The van der Waals surface area contributed by atoms with E-state index in [2.05, 4.69) is 15.2 Å². The average molecular weight is 376 g/mol. The van der Waals surface area contributed by atoms with Crippen LogP contribution in [0.5, 0.6) is 0 Å². The number of thioether (sulfide) groups is 1. The molecule has 3 heterocycles. The SMILES string of the molecule is CCN(CC)C(=O)CSc1nnc2c3c4c(sc3ncn12)CCCC4. The van der Waals surface area contributed by atoms with Crippen molar-refractivity contribution >= 4 is 44.9 Å². The molecule has 0 saturated heterocycles. The molecule has 0 bridgehead atoms. The lowest BCUT2D eigenvalue weighted by atomic mass is 9.97. The van der Waals surface area contributed by atoms with E-state index in [1.165, 1.54) is 35.0 Å². The molecule has 0 saturated carbocycles. The summed E-state index contributed by atoms with van der Waals surface area (Å²) in [6, 6.07) is 0. The number of aromatic nitrogens is 4. The molecule has 0 aliphatic heterocycles. The van der Waals surface area contributed by atoms with E-state index < -0.39 is 0 Å². The zero-order valence-corrected chi connectivity index (χ0v) is 16.1. The van der Waals surface area contributed by atoms with Crippen molar-refractivity contribution in [2.24, 2.45) is 0 Å². The average Bonchev–Trinajstić information content (AvgIpc) is 3.21. The third-order valence-electron chi connectivity index (χ3n) is 4.77. The van der Waals surface area contributed by atoms with Gasteiger partial charge in [0.15, 0.2) is 10.8 Å². The largest absolute Gasteiger partial charge is 0.343 e. The summed E-state index contributed by atoms with van der Waals surface area (Å²) in [6.45, 7) is 5.47. The highest BCUT2D eigenvalue weighted by Crippen LogP contribution is 2.37. The Morgan fingerprint density at radius 2 is 2.08 bits per heavy atom. The molecule has 0 aromatic carbocycles. The molecule has 0 unspecified atom stereocenters. The second-order valence-corrected chi connectivity index (χ2v) is 8.19. The number of aryl methyl sites for hydroxylation is 2. The highest BCUT2D eigenvalue weighted by atomic mass is 32.2. The van der Waals surface area contributed by atoms with E-state index in [0.717, 1.165) is 47.0 Å². The minimum absolute atomic E-state index is 0.133. The summed E-state index contributed by atoms with van der Waals surface area (Å²) in [5.74, 6) is 0.510. The monoisotopic (exact) mass is 375 g/mol. The number of nitrogens with zero attached hydrogens (tertiary/aromatic N) is 5. The van der Waals surface area contributed by atoms with Crippen LogP contribution in [0.25, 0.3) is 15.9 Å². The Morgan fingerprint density at radius 3 is 2.88 bits per heavy atom. The van der Waals surface area contributed by atoms with Crippen LogP contribution in [0.4, 0.5) is 0 Å². The van der Waals surface area contributed by atoms with Gasteiger partial charge < -0.3 is 4.90 Å². The van der Waals surface area contributed by atoms with Gasteiger partial charge in [-0.05, 0) is 45.1 Å². The Hall–Kier alpha value is -1.67. The van der Waals surface area contributed by atoms with E-state index >= 15 is 0 Å². The number of carbonyl (C=O) groups excluding carboxylic acids is 1. The molecular weight excluding hydrogens is 354 g/mol. The minimum atomic E-state index is 0.133. The maximum Gasteiger partial charge on any atom is 0.233 e. The zero-order valence-electron chi connectivity index (χ0n) is 14.5. The molecule has 25 heavy (non-hydrogen) atoms. The van der Waals surface area contributed by atoms with E-state index in [1.807, 2.05) is 23.1 Å². The Balaban J connectivity index is 1.67. The van der Waals surface area contributed by atoms with Crippen LogP contribution >= 0.6 is 23.1 Å². The first-order valence-corrected chi connectivity index (χ1v) is 10.6. The first-order chi connectivity index (χ1) is 12.2. The lowest BCUT2D eigenvalue weighted by Gasteiger charge is -2.17. The molecule has 132 valence electrons. The van der Waals surface area contributed by atoms with Crippen molar-refractivity contribution < 1.29 is 4.79 Å². The van der Waals surface area contributed by atoms with Crippen molar-refractivity contribution in [1.29, 1.82) is 0 Å². The third kappa shape index (κ3) is 2.91. The highest BCUT2D eigenvalue weighted by molar-refractivity contribution is 7.99. The summed E-state index contributed by atoms with van der Waals surface area (Å²) in [7, 11) is 0. The Morgan fingerprint density at radius 1 is 1.28 bits per heavy atom. The predicted molar refractivity (Wildman–Crippen MR) is 101 cm³/mol. The maximum absolute atomic E-state index is 12.2. The second kappa shape index (κ2) is 6.92. The van der Waals surface area contributed by atoms with Crippen LogP contribution in [0.3, 0.4) is 0 Å². The highest BCUT2D eigenvalue weighted by Gasteiger charge is 2.21. The summed E-state index contributed by atoms with van der Waals surface area (Å²) >= 11 is 3.23. The van der Waals surface area contributed by atoms with E-state index in [0.29, 0.717) is 5.75 Å². The van der Waals surface area contributed by atoms with Crippen molar-refractivity contribution in [1.82, 2.24) is 24.5 Å². The number of thiophene rings is 1. The quantitative estimate of drug-likeness (QED) is 0.641. The van der Waals surface area contributed by atoms with Gasteiger partial charge >= 0.3 is 0 Å². The molecule has 8 heteroatoms. The summed E-state index contributed by atoms with van der Waals surface area (Å²) < 4.78 is 1.93. The number of fused-ring (bicyclic) bond motifs is 5. The van der Waals surface area contributed by atoms with Crippen LogP contribution in [-0.4, -0.2) is 49.2 Å². The molecular formula is C17H21N5OS2. The van der Waals surface area contributed by atoms with Crippen molar-refractivity contribution in [3.8, 4) is 0 Å². The number of hydrogen-bond donors (Lipinski definition) is 0. The van der Waals surface area contributed by atoms with Gasteiger partial charge in [0.25, 0.3) is 0 Å².